The quantitative estimate of drug-likeness (QED) is 0.513. The van der Waals surface area contributed by atoms with Crippen molar-refractivity contribution in [2.45, 2.75) is 38.0 Å². The smallest absolute Gasteiger partial charge is 0.261 e. The third-order valence-corrected chi connectivity index (χ3v) is 8.01. The molecule has 0 spiro atoms. The topological polar surface area (TPSA) is 110 Å². The number of aryl methyl sites for hydroxylation is 2. The molecule has 2 N–H and O–H groups in total. The van der Waals surface area contributed by atoms with Crippen LogP contribution in [0.1, 0.15) is 30.7 Å². The van der Waals surface area contributed by atoms with Crippen molar-refractivity contribution in [2.75, 3.05) is 23.3 Å². The van der Waals surface area contributed by atoms with Crippen LogP contribution in [-0.2, 0) is 19.6 Å². The zero-order valence-corrected chi connectivity index (χ0v) is 20.1. The Morgan fingerprint density at radius 3 is 2.61 bits per heavy atom. The van der Waals surface area contributed by atoms with Gasteiger partial charge in [0.25, 0.3) is 10.0 Å². The number of anilines is 2. The molecule has 0 atom stereocenters. The number of thiazole rings is 1. The summed E-state index contributed by atoms with van der Waals surface area (Å²) in [6.07, 6.45) is 3.93. The van der Waals surface area contributed by atoms with E-state index < -0.39 is 10.0 Å². The number of nitrogens with one attached hydrogen (secondary N) is 2. The van der Waals surface area contributed by atoms with Crippen LogP contribution in [-0.4, -0.2) is 37.5 Å². The number of nitrogens with zero attached hydrogens (tertiary/aromatic N) is 2. The van der Waals surface area contributed by atoms with Crippen LogP contribution in [0, 0.1) is 19.8 Å². The fourth-order valence-electron chi connectivity index (χ4n) is 3.66. The summed E-state index contributed by atoms with van der Waals surface area (Å²) in [6.45, 7) is 5.01. The number of rotatable bonds is 7. The van der Waals surface area contributed by atoms with Crippen LogP contribution in [0.5, 0.6) is 0 Å². The summed E-state index contributed by atoms with van der Waals surface area (Å²) in [5.74, 6) is 0.279. The number of amides is 1. The Morgan fingerprint density at radius 2 is 1.88 bits per heavy atom. The number of sulfonamides is 1. The average molecular weight is 487 g/mol. The van der Waals surface area contributed by atoms with Crippen LogP contribution in [0.4, 0.5) is 10.8 Å². The summed E-state index contributed by atoms with van der Waals surface area (Å²) in [6, 6.07) is 9.94. The highest BCUT2D eigenvalue weighted by Gasteiger charge is 2.20. The molecule has 8 nitrogen and oxygen atoms in total. The Labute approximate surface area is 197 Å². The third kappa shape index (κ3) is 5.76. The fraction of sp³-hybridized carbons (Fsp3) is 0.348. The van der Waals surface area contributed by atoms with E-state index >= 15 is 0 Å². The molecule has 33 heavy (non-hydrogen) atoms. The highest BCUT2D eigenvalue weighted by atomic mass is 32.2. The number of benzene rings is 1. The first-order valence-corrected chi connectivity index (χ1v) is 13.0. The first kappa shape index (κ1) is 23.3. The van der Waals surface area contributed by atoms with Crippen LogP contribution >= 0.6 is 11.3 Å². The molecule has 0 saturated carbocycles. The molecule has 3 aromatic rings. The molecule has 0 unspecified atom stereocenters. The van der Waals surface area contributed by atoms with Crippen LogP contribution in [0.2, 0.25) is 0 Å². The van der Waals surface area contributed by atoms with Gasteiger partial charge in [0, 0.05) is 31.4 Å². The fourth-order valence-corrected chi connectivity index (χ4v) is 5.76. The predicted octanol–water partition coefficient (Wildman–Crippen LogP) is 4.38. The Morgan fingerprint density at radius 1 is 1.15 bits per heavy atom. The molecular formula is C23H26N4O4S2. The van der Waals surface area contributed by atoms with Gasteiger partial charge in [0.1, 0.15) is 0 Å². The molecule has 1 aliphatic heterocycles. The standard InChI is InChI=1S/C23H26N4O4S2/c1-15-20(27-33(29,30)19-6-4-3-5-7-19)13-18(14-24-15)22-16(2)25-23(32-22)26-21(28)12-17-8-10-31-11-9-17/h3-7,13-14,17,27H,8-12H2,1-2H3,(H,25,26,28). The number of pyridine rings is 1. The van der Waals surface area contributed by atoms with Gasteiger partial charge in [-0.25, -0.2) is 13.4 Å². The summed E-state index contributed by atoms with van der Waals surface area (Å²) >= 11 is 1.35. The lowest BCUT2D eigenvalue weighted by molar-refractivity contribution is -0.117. The average Bonchev–Trinajstić information content (AvgIpc) is 3.16. The lowest BCUT2D eigenvalue weighted by atomic mass is 9.96. The number of hydrogen-bond donors (Lipinski definition) is 2. The van der Waals surface area contributed by atoms with E-state index in [4.69, 9.17) is 4.74 Å². The SMILES string of the molecule is Cc1ncc(-c2sc(NC(=O)CC3CCOCC3)nc2C)cc1NS(=O)(=O)c1ccccc1. The van der Waals surface area contributed by atoms with Gasteiger partial charge in [-0.2, -0.15) is 0 Å². The van der Waals surface area contributed by atoms with Gasteiger partial charge in [-0.1, -0.05) is 29.5 Å². The number of ether oxygens (including phenoxy) is 1. The van der Waals surface area contributed by atoms with Crippen molar-refractivity contribution < 1.29 is 17.9 Å². The van der Waals surface area contributed by atoms with Crippen molar-refractivity contribution in [3.63, 3.8) is 0 Å². The summed E-state index contributed by atoms with van der Waals surface area (Å²) in [5.41, 5.74) is 2.43. The van der Waals surface area contributed by atoms with Gasteiger partial charge in [-0.05, 0) is 50.8 Å². The molecule has 1 aliphatic rings. The van der Waals surface area contributed by atoms with E-state index in [1.165, 1.54) is 23.5 Å². The van der Waals surface area contributed by atoms with E-state index in [0.29, 0.717) is 42.1 Å². The minimum absolute atomic E-state index is 0.0551. The van der Waals surface area contributed by atoms with Gasteiger partial charge in [0.05, 0.1) is 26.8 Å². The number of aromatic nitrogens is 2. The van der Waals surface area contributed by atoms with Gasteiger partial charge in [-0.15, -0.1) is 0 Å². The van der Waals surface area contributed by atoms with Gasteiger partial charge >= 0.3 is 0 Å². The van der Waals surface area contributed by atoms with E-state index in [2.05, 4.69) is 20.0 Å². The molecule has 1 fully saturated rings. The van der Waals surface area contributed by atoms with E-state index in [0.717, 1.165) is 29.0 Å². The largest absolute Gasteiger partial charge is 0.381 e. The molecular weight excluding hydrogens is 460 g/mol. The predicted molar refractivity (Wildman–Crippen MR) is 129 cm³/mol. The maximum absolute atomic E-state index is 12.8. The zero-order valence-electron chi connectivity index (χ0n) is 18.5. The van der Waals surface area contributed by atoms with Crippen LogP contribution in [0.15, 0.2) is 47.5 Å². The van der Waals surface area contributed by atoms with Crippen molar-refractivity contribution >= 4 is 38.1 Å². The lowest BCUT2D eigenvalue weighted by Crippen LogP contribution is -2.22. The number of carbonyl (C=O) groups excluding carboxylic acids is 1. The summed E-state index contributed by atoms with van der Waals surface area (Å²) in [5, 5.41) is 3.42. The highest BCUT2D eigenvalue weighted by Crippen LogP contribution is 2.35. The van der Waals surface area contributed by atoms with Crippen molar-refractivity contribution in [2.24, 2.45) is 5.92 Å². The molecule has 0 radical (unpaired) electrons. The molecule has 0 aliphatic carbocycles. The van der Waals surface area contributed by atoms with Gasteiger partial charge in [0.15, 0.2) is 5.13 Å². The van der Waals surface area contributed by atoms with Crippen LogP contribution in [0.3, 0.4) is 0 Å². The van der Waals surface area contributed by atoms with Gasteiger partial charge in [-0.3, -0.25) is 14.5 Å². The minimum Gasteiger partial charge on any atom is -0.381 e. The number of hydrogen-bond acceptors (Lipinski definition) is 7. The normalized spacial score (nSPS) is 14.7. The highest BCUT2D eigenvalue weighted by molar-refractivity contribution is 7.92. The Bertz CT molecular complexity index is 1240. The maximum Gasteiger partial charge on any atom is 0.261 e. The second kappa shape index (κ2) is 9.98. The van der Waals surface area contributed by atoms with Crippen LogP contribution in [0.25, 0.3) is 10.4 Å². The molecule has 1 amide bonds. The second-order valence-electron chi connectivity index (χ2n) is 8.02. The Hall–Kier alpha value is -2.82. The summed E-state index contributed by atoms with van der Waals surface area (Å²) < 4.78 is 33.5. The summed E-state index contributed by atoms with van der Waals surface area (Å²) in [7, 11) is -3.74. The molecule has 0 bridgehead atoms. The van der Waals surface area contributed by atoms with E-state index in [9.17, 15) is 13.2 Å². The molecule has 1 aromatic carbocycles. The lowest BCUT2D eigenvalue weighted by Gasteiger charge is -2.20. The van der Waals surface area contributed by atoms with Crippen molar-refractivity contribution in [1.29, 1.82) is 0 Å². The van der Waals surface area contributed by atoms with E-state index in [1.54, 1.807) is 37.4 Å². The molecule has 2 aromatic heterocycles. The van der Waals surface area contributed by atoms with Gasteiger partial charge < -0.3 is 10.1 Å². The molecule has 174 valence electrons. The first-order valence-electron chi connectivity index (χ1n) is 10.7. The molecule has 4 rings (SSSR count). The minimum atomic E-state index is -3.74. The van der Waals surface area contributed by atoms with Gasteiger partial charge in [0.2, 0.25) is 5.91 Å². The first-order chi connectivity index (χ1) is 15.8. The molecule has 3 heterocycles. The second-order valence-corrected chi connectivity index (χ2v) is 10.7. The summed E-state index contributed by atoms with van der Waals surface area (Å²) in [4.78, 5) is 22.3. The van der Waals surface area contributed by atoms with E-state index in [1.807, 2.05) is 6.92 Å². The Balaban J connectivity index is 1.51. The van der Waals surface area contributed by atoms with Crippen molar-refractivity contribution in [3.05, 3.63) is 54.0 Å². The number of carbonyl (C=O) groups is 1. The molecule has 1 saturated heterocycles. The zero-order chi connectivity index (χ0) is 23.4. The van der Waals surface area contributed by atoms with E-state index in [-0.39, 0.29) is 10.8 Å². The third-order valence-electron chi connectivity index (χ3n) is 5.50. The Kier molecular flexibility index (Phi) is 7.06. The van der Waals surface area contributed by atoms with Crippen LogP contribution < -0.4 is 10.0 Å². The monoisotopic (exact) mass is 486 g/mol. The molecule has 10 heteroatoms. The maximum atomic E-state index is 12.8. The van der Waals surface area contributed by atoms with Crippen molar-refractivity contribution in [1.82, 2.24) is 9.97 Å². The van der Waals surface area contributed by atoms with Crippen molar-refractivity contribution in [3.8, 4) is 10.4 Å².